The molecule has 11 heteroatoms. The minimum Gasteiger partial charge on any atom is -0.506 e. The van der Waals surface area contributed by atoms with E-state index < -0.39 is 33.0 Å². The molecule has 0 bridgehead atoms. The minimum absolute atomic E-state index is 0.0299. The Bertz CT molecular complexity index is 1870. The molecule has 2 aliphatic heterocycles. The van der Waals surface area contributed by atoms with Crippen LogP contribution in [0, 0.1) is 18.2 Å². The third-order valence-electron chi connectivity index (χ3n) is 7.51. The number of aryl methyl sites for hydroxylation is 1. The van der Waals surface area contributed by atoms with Crippen LogP contribution in [0.2, 0.25) is 0 Å². The number of rotatable bonds is 5. The van der Waals surface area contributed by atoms with Gasteiger partial charge in [0.15, 0.2) is 9.84 Å². The number of hydrogen-bond acceptors (Lipinski definition) is 8. The van der Waals surface area contributed by atoms with Crippen LogP contribution in [0.1, 0.15) is 53.6 Å². The van der Waals surface area contributed by atoms with E-state index in [1.807, 2.05) is 30.7 Å². The van der Waals surface area contributed by atoms with Crippen molar-refractivity contribution in [3.63, 3.8) is 0 Å². The number of sulfone groups is 1. The third-order valence-corrected chi connectivity index (χ3v) is 10.5. The number of ether oxygens (including phenoxy) is 1. The zero-order chi connectivity index (χ0) is 30.5. The molecule has 6 rings (SSSR count). The molecule has 1 amide bonds. The number of thiophene rings is 1. The van der Waals surface area contributed by atoms with Crippen molar-refractivity contribution in [2.24, 2.45) is 5.41 Å². The average Bonchev–Trinajstić information content (AvgIpc) is 3.40. The van der Waals surface area contributed by atoms with Crippen molar-refractivity contribution >= 4 is 38.5 Å². The fourth-order valence-electron chi connectivity index (χ4n) is 5.76. The van der Waals surface area contributed by atoms with Gasteiger partial charge in [0.2, 0.25) is 0 Å². The highest BCUT2D eigenvalue weighted by atomic mass is 32.2. The van der Waals surface area contributed by atoms with E-state index in [0.29, 0.717) is 17.8 Å². The number of carbonyl (C=O) groups excluding carboxylic acids is 1. The van der Waals surface area contributed by atoms with E-state index in [2.05, 4.69) is 10.3 Å². The smallest absolute Gasteiger partial charge is 0.277 e. The first-order valence-corrected chi connectivity index (χ1v) is 16.3. The predicted molar refractivity (Wildman–Crippen MR) is 165 cm³/mol. The van der Waals surface area contributed by atoms with Crippen molar-refractivity contribution < 1.29 is 27.4 Å². The summed E-state index contributed by atoms with van der Waals surface area (Å²) in [5, 5.41) is 18.0. The van der Waals surface area contributed by atoms with Crippen molar-refractivity contribution in [3.05, 3.63) is 110 Å². The largest absolute Gasteiger partial charge is 0.506 e. The third kappa shape index (κ3) is 5.50. The lowest BCUT2D eigenvalue weighted by Crippen LogP contribution is -2.41. The summed E-state index contributed by atoms with van der Waals surface area (Å²) in [5.74, 6) is -1.50. The van der Waals surface area contributed by atoms with Gasteiger partial charge in [0, 0.05) is 23.0 Å². The Balaban J connectivity index is 1.58. The van der Waals surface area contributed by atoms with Crippen LogP contribution in [0.5, 0.6) is 11.5 Å². The Morgan fingerprint density at radius 2 is 1.98 bits per heavy atom. The quantitative estimate of drug-likeness (QED) is 0.238. The van der Waals surface area contributed by atoms with E-state index in [4.69, 9.17) is 4.74 Å². The number of phenolic OH excluding ortho intramolecular Hbond substituents is 1. The predicted octanol–water partition coefficient (Wildman–Crippen LogP) is 6.75. The standard InChI is InChI=1S/C32H30FN3O5S2/c1-19-6-4-7-24(34-19)31(38)36-26-8-5-9-27(37)28(26)35-25-15-32(2,3)18-43(39,40)30(25)29(36)22-11-10-21(14-23(22)33)41-16-20-12-13-42-17-20/h4-14,17,29,35,37H,15-16,18H2,1-3H3. The van der Waals surface area contributed by atoms with Crippen LogP contribution in [0.15, 0.2) is 82.0 Å². The second-order valence-electron chi connectivity index (χ2n) is 11.6. The second kappa shape index (κ2) is 10.8. The molecule has 0 spiro atoms. The van der Waals surface area contributed by atoms with Crippen LogP contribution >= 0.6 is 11.3 Å². The van der Waals surface area contributed by atoms with E-state index in [1.165, 1.54) is 40.5 Å². The Kier molecular flexibility index (Phi) is 7.26. The van der Waals surface area contributed by atoms with E-state index in [0.717, 1.165) is 5.56 Å². The number of carbonyl (C=O) groups is 1. The number of para-hydroxylation sites is 1. The van der Waals surface area contributed by atoms with Crippen molar-refractivity contribution in [2.75, 3.05) is 16.0 Å². The fraction of sp³-hybridized carbons (Fsp3) is 0.250. The number of allylic oxidation sites excluding steroid dienone is 1. The number of benzene rings is 2. The minimum atomic E-state index is -4.04. The van der Waals surface area contributed by atoms with Gasteiger partial charge < -0.3 is 15.2 Å². The first kappa shape index (κ1) is 28.9. The van der Waals surface area contributed by atoms with Gasteiger partial charge in [0.1, 0.15) is 41.3 Å². The maximum Gasteiger partial charge on any atom is 0.277 e. The van der Waals surface area contributed by atoms with Crippen LogP contribution in [0.4, 0.5) is 15.8 Å². The summed E-state index contributed by atoms with van der Waals surface area (Å²) in [4.78, 5) is 19.9. The molecule has 2 aromatic heterocycles. The second-order valence-corrected chi connectivity index (χ2v) is 14.3. The van der Waals surface area contributed by atoms with Gasteiger partial charge in [-0.05, 0) is 77.5 Å². The summed E-state index contributed by atoms with van der Waals surface area (Å²) < 4.78 is 50.3. The van der Waals surface area contributed by atoms with Gasteiger partial charge in [0.25, 0.3) is 5.91 Å². The van der Waals surface area contributed by atoms with E-state index in [-0.39, 0.29) is 51.4 Å². The van der Waals surface area contributed by atoms with Gasteiger partial charge in [0.05, 0.1) is 16.3 Å². The molecule has 0 radical (unpaired) electrons. The van der Waals surface area contributed by atoms with Gasteiger partial charge in [-0.3, -0.25) is 9.69 Å². The number of phenols is 1. The molecule has 4 aromatic rings. The lowest BCUT2D eigenvalue weighted by Gasteiger charge is -2.37. The molecule has 222 valence electrons. The SMILES string of the molecule is Cc1cccc(C(=O)N2c3cccc(O)c3NC3=C(C2c2ccc(OCc4ccsc4)cc2F)S(=O)(=O)CC(C)(C)C3)n1. The van der Waals surface area contributed by atoms with Gasteiger partial charge in [-0.2, -0.15) is 11.3 Å². The van der Waals surface area contributed by atoms with E-state index in [1.54, 1.807) is 37.3 Å². The summed E-state index contributed by atoms with van der Waals surface area (Å²) in [6.07, 6.45) is 0.292. The topological polar surface area (TPSA) is 109 Å². The number of fused-ring (bicyclic) bond motifs is 1. The Labute approximate surface area is 253 Å². The first-order chi connectivity index (χ1) is 20.4. The van der Waals surface area contributed by atoms with Gasteiger partial charge in [-0.1, -0.05) is 26.0 Å². The number of nitrogens with one attached hydrogen (secondary N) is 1. The fourth-order valence-corrected chi connectivity index (χ4v) is 8.77. The molecule has 2 aromatic carbocycles. The summed E-state index contributed by atoms with van der Waals surface area (Å²) in [6, 6.07) is 14.3. The molecule has 2 N–H and O–H groups in total. The van der Waals surface area contributed by atoms with Gasteiger partial charge >= 0.3 is 0 Å². The lowest BCUT2D eigenvalue weighted by molar-refractivity contribution is 0.0975. The van der Waals surface area contributed by atoms with Crippen LogP contribution in [-0.2, 0) is 16.4 Å². The Morgan fingerprint density at radius 1 is 1.19 bits per heavy atom. The summed E-state index contributed by atoms with van der Waals surface area (Å²) in [7, 11) is -4.04. The number of amides is 1. The lowest BCUT2D eigenvalue weighted by atomic mass is 9.88. The van der Waals surface area contributed by atoms with Crippen molar-refractivity contribution in [1.29, 1.82) is 0 Å². The highest BCUT2D eigenvalue weighted by Crippen LogP contribution is 2.52. The number of halogens is 1. The van der Waals surface area contributed by atoms with Crippen LogP contribution in [0.3, 0.4) is 0 Å². The summed E-state index contributed by atoms with van der Waals surface area (Å²) >= 11 is 1.53. The van der Waals surface area contributed by atoms with E-state index >= 15 is 4.39 Å². The molecule has 1 atom stereocenters. The summed E-state index contributed by atoms with van der Waals surface area (Å²) in [6.45, 7) is 5.65. The molecule has 4 heterocycles. The monoisotopic (exact) mass is 619 g/mol. The first-order valence-electron chi connectivity index (χ1n) is 13.7. The van der Waals surface area contributed by atoms with Gasteiger partial charge in [-0.25, -0.2) is 17.8 Å². The molecule has 43 heavy (non-hydrogen) atoms. The van der Waals surface area contributed by atoms with Crippen LogP contribution < -0.4 is 15.0 Å². The van der Waals surface area contributed by atoms with E-state index in [9.17, 15) is 18.3 Å². The number of anilines is 2. The highest BCUT2D eigenvalue weighted by molar-refractivity contribution is 7.95. The molecular formula is C32H30FN3O5S2. The zero-order valence-electron chi connectivity index (χ0n) is 23.8. The molecule has 8 nitrogen and oxygen atoms in total. The molecule has 0 fully saturated rings. The highest BCUT2D eigenvalue weighted by Gasteiger charge is 2.48. The maximum absolute atomic E-state index is 16.2. The number of nitrogens with zero attached hydrogens (tertiary/aromatic N) is 2. The molecule has 2 aliphatic rings. The molecule has 1 unspecified atom stereocenters. The van der Waals surface area contributed by atoms with Crippen molar-refractivity contribution in [1.82, 2.24) is 4.98 Å². The molecule has 0 saturated carbocycles. The Hall–Kier alpha value is -4.22. The summed E-state index contributed by atoms with van der Waals surface area (Å²) in [5.41, 5.74) is 1.53. The molecular weight excluding hydrogens is 590 g/mol. The van der Waals surface area contributed by atoms with Crippen LogP contribution in [0.25, 0.3) is 0 Å². The normalized spacial score (nSPS) is 18.7. The number of aromatic nitrogens is 1. The van der Waals surface area contributed by atoms with Crippen molar-refractivity contribution in [3.8, 4) is 11.5 Å². The average molecular weight is 620 g/mol. The molecule has 0 aliphatic carbocycles. The number of hydrogen-bond donors (Lipinski definition) is 2. The number of pyridine rings is 1. The zero-order valence-corrected chi connectivity index (χ0v) is 25.4. The van der Waals surface area contributed by atoms with Crippen LogP contribution in [-0.4, -0.2) is 30.2 Å². The Morgan fingerprint density at radius 3 is 2.70 bits per heavy atom. The number of aromatic hydroxyl groups is 1. The van der Waals surface area contributed by atoms with Crippen molar-refractivity contribution in [2.45, 2.75) is 39.8 Å². The maximum atomic E-state index is 16.2. The van der Waals surface area contributed by atoms with Gasteiger partial charge in [-0.15, -0.1) is 0 Å². The molecule has 0 saturated heterocycles.